The van der Waals surface area contributed by atoms with Crippen molar-refractivity contribution < 1.29 is 9.59 Å². The third kappa shape index (κ3) is 3.13. The topological polar surface area (TPSA) is 58.2 Å². The van der Waals surface area contributed by atoms with Crippen LogP contribution in [0.5, 0.6) is 0 Å². The lowest BCUT2D eigenvalue weighted by atomic mass is 9.92. The van der Waals surface area contributed by atoms with Gasteiger partial charge in [-0.25, -0.2) is 0 Å². The Hall–Kier alpha value is -1.84. The standard InChI is InChI=1S/C15H20N2O2/c1-9-11-7-10(5-6-12(11)17-14(9)19)16-13(18)8-15(2,3)4/h5-7,9H,8H2,1-4H3,(H,16,18)(H,17,19). The summed E-state index contributed by atoms with van der Waals surface area (Å²) in [6.07, 6.45) is 0.469. The average Bonchev–Trinajstić information content (AvgIpc) is 2.53. The predicted octanol–water partition coefficient (Wildman–Crippen LogP) is 3.12. The molecule has 0 saturated carbocycles. The van der Waals surface area contributed by atoms with E-state index in [4.69, 9.17) is 0 Å². The molecule has 1 aliphatic heterocycles. The minimum absolute atomic E-state index is 0.00242. The van der Waals surface area contributed by atoms with Gasteiger partial charge in [-0.05, 0) is 36.1 Å². The van der Waals surface area contributed by atoms with E-state index >= 15 is 0 Å². The third-order valence-corrected chi connectivity index (χ3v) is 3.14. The van der Waals surface area contributed by atoms with E-state index in [9.17, 15) is 9.59 Å². The summed E-state index contributed by atoms with van der Waals surface area (Å²) in [6.45, 7) is 7.95. The van der Waals surface area contributed by atoms with E-state index in [2.05, 4.69) is 10.6 Å². The zero-order chi connectivity index (χ0) is 14.2. The number of nitrogens with one attached hydrogen (secondary N) is 2. The van der Waals surface area contributed by atoms with Gasteiger partial charge in [0.1, 0.15) is 0 Å². The number of rotatable bonds is 2. The average molecular weight is 260 g/mol. The summed E-state index contributed by atoms with van der Waals surface area (Å²) in [5.41, 5.74) is 2.49. The van der Waals surface area contributed by atoms with Crippen LogP contribution in [0.4, 0.5) is 11.4 Å². The summed E-state index contributed by atoms with van der Waals surface area (Å²) < 4.78 is 0. The Kier molecular flexibility index (Phi) is 3.35. The molecule has 0 aliphatic carbocycles. The highest BCUT2D eigenvalue weighted by Gasteiger charge is 2.26. The first-order valence-corrected chi connectivity index (χ1v) is 6.51. The largest absolute Gasteiger partial charge is 0.326 e. The summed E-state index contributed by atoms with van der Waals surface area (Å²) in [6, 6.07) is 5.53. The van der Waals surface area contributed by atoms with Gasteiger partial charge in [0.25, 0.3) is 0 Å². The fraction of sp³-hybridized carbons (Fsp3) is 0.467. The fourth-order valence-corrected chi connectivity index (χ4v) is 2.18. The van der Waals surface area contributed by atoms with Crippen LogP contribution in [0, 0.1) is 5.41 Å². The van der Waals surface area contributed by atoms with E-state index in [1.807, 2.05) is 45.9 Å². The maximum absolute atomic E-state index is 11.9. The van der Waals surface area contributed by atoms with Crippen molar-refractivity contribution in [3.05, 3.63) is 23.8 Å². The fourth-order valence-electron chi connectivity index (χ4n) is 2.18. The van der Waals surface area contributed by atoms with Crippen molar-refractivity contribution in [1.82, 2.24) is 0 Å². The minimum Gasteiger partial charge on any atom is -0.326 e. The highest BCUT2D eigenvalue weighted by molar-refractivity contribution is 6.03. The van der Waals surface area contributed by atoms with Gasteiger partial charge in [-0.15, -0.1) is 0 Å². The van der Waals surface area contributed by atoms with Crippen LogP contribution in [0.1, 0.15) is 45.6 Å². The minimum atomic E-state index is -0.158. The Morgan fingerprint density at radius 3 is 2.68 bits per heavy atom. The first-order chi connectivity index (χ1) is 8.76. The molecule has 0 radical (unpaired) electrons. The Labute approximate surface area is 113 Å². The van der Waals surface area contributed by atoms with Crippen LogP contribution in [0.15, 0.2) is 18.2 Å². The highest BCUT2D eigenvalue weighted by atomic mass is 16.2. The van der Waals surface area contributed by atoms with Gasteiger partial charge in [0.2, 0.25) is 11.8 Å². The molecule has 4 heteroatoms. The molecule has 0 saturated heterocycles. The summed E-state index contributed by atoms with van der Waals surface area (Å²) >= 11 is 0. The van der Waals surface area contributed by atoms with Crippen LogP contribution < -0.4 is 10.6 Å². The second-order valence-electron chi connectivity index (χ2n) is 6.30. The molecule has 1 heterocycles. The zero-order valence-electron chi connectivity index (χ0n) is 11.8. The monoisotopic (exact) mass is 260 g/mol. The lowest BCUT2D eigenvalue weighted by molar-refractivity contribution is -0.118. The molecule has 1 aromatic carbocycles. The molecule has 2 rings (SSSR count). The summed E-state index contributed by atoms with van der Waals surface area (Å²) in [5.74, 6) is -0.153. The molecule has 4 nitrogen and oxygen atoms in total. The number of carbonyl (C=O) groups is 2. The van der Waals surface area contributed by atoms with Crippen LogP contribution in [-0.4, -0.2) is 11.8 Å². The first kappa shape index (κ1) is 13.6. The SMILES string of the molecule is CC1C(=O)Nc2ccc(NC(=O)CC(C)(C)C)cc21. The van der Waals surface area contributed by atoms with Gasteiger partial charge in [-0.2, -0.15) is 0 Å². The lowest BCUT2D eigenvalue weighted by Gasteiger charge is -2.17. The molecule has 2 amide bonds. The van der Waals surface area contributed by atoms with Crippen molar-refractivity contribution in [2.24, 2.45) is 5.41 Å². The van der Waals surface area contributed by atoms with Gasteiger partial charge in [-0.3, -0.25) is 9.59 Å². The Morgan fingerprint density at radius 1 is 1.37 bits per heavy atom. The highest BCUT2D eigenvalue weighted by Crippen LogP contribution is 2.34. The van der Waals surface area contributed by atoms with Crippen molar-refractivity contribution in [3.63, 3.8) is 0 Å². The summed E-state index contributed by atoms with van der Waals surface area (Å²) in [5, 5.41) is 5.70. The Balaban J connectivity index is 2.12. The number of anilines is 2. The number of carbonyl (C=O) groups excluding carboxylic acids is 2. The number of hydrogen-bond donors (Lipinski definition) is 2. The molecule has 0 aromatic heterocycles. The van der Waals surface area contributed by atoms with E-state index < -0.39 is 0 Å². The van der Waals surface area contributed by atoms with E-state index in [1.165, 1.54) is 0 Å². The van der Waals surface area contributed by atoms with E-state index in [1.54, 1.807) is 0 Å². The van der Waals surface area contributed by atoms with Gasteiger partial charge in [0.05, 0.1) is 5.92 Å². The first-order valence-electron chi connectivity index (χ1n) is 6.51. The Bertz CT molecular complexity index is 529. The van der Waals surface area contributed by atoms with Crippen LogP contribution in [-0.2, 0) is 9.59 Å². The van der Waals surface area contributed by atoms with Crippen molar-refractivity contribution in [3.8, 4) is 0 Å². The molecule has 0 spiro atoms. The molecule has 1 unspecified atom stereocenters. The van der Waals surface area contributed by atoms with Gasteiger partial charge < -0.3 is 10.6 Å². The molecule has 1 aromatic rings. The van der Waals surface area contributed by atoms with Crippen LogP contribution in [0.2, 0.25) is 0 Å². The molecule has 1 aliphatic rings. The molecular formula is C15H20N2O2. The predicted molar refractivity (Wildman–Crippen MR) is 76.2 cm³/mol. The summed E-state index contributed by atoms with van der Waals surface area (Å²) in [7, 11) is 0. The maximum Gasteiger partial charge on any atom is 0.231 e. The third-order valence-electron chi connectivity index (χ3n) is 3.14. The van der Waals surface area contributed by atoms with Crippen molar-refractivity contribution in [2.45, 2.75) is 40.0 Å². The van der Waals surface area contributed by atoms with E-state index in [0.717, 1.165) is 16.9 Å². The van der Waals surface area contributed by atoms with E-state index in [0.29, 0.717) is 6.42 Å². The molecule has 1 atom stereocenters. The number of fused-ring (bicyclic) bond motifs is 1. The molecule has 0 fully saturated rings. The molecular weight excluding hydrogens is 240 g/mol. The smallest absolute Gasteiger partial charge is 0.231 e. The second-order valence-corrected chi connectivity index (χ2v) is 6.30. The zero-order valence-corrected chi connectivity index (χ0v) is 11.8. The number of hydrogen-bond acceptors (Lipinski definition) is 2. The quantitative estimate of drug-likeness (QED) is 0.858. The Morgan fingerprint density at radius 2 is 2.05 bits per heavy atom. The second kappa shape index (κ2) is 4.68. The van der Waals surface area contributed by atoms with Crippen LogP contribution in [0.3, 0.4) is 0 Å². The van der Waals surface area contributed by atoms with Gasteiger partial charge in [0, 0.05) is 17.8 Å². The number of amides is 2. The number of benzene rings is 1. The van der Waals surface area contributed by atoms with Crippen LogP contribution in [0.25, 0.3) is 0 Å². The maximum atomic E-state index is 11.9. The summed E-state index contributed by atoms with van der Waals surface area (Å²) in [4.78, 5) is 23.4. The van der Waals surface area contributed by atoms with Crippen LogP contribution >= 0.6 is 0 Å². The molecule has 0 bridgehead atoms. The van der Waals surface area contributed by atoms with Crippen molar-refractivity contribution in [2.75, 3.05) is 10.6 Å². The van der Waals surface area contributed by atoms with Crippen molar-refractivity contribution in [1.29, 1.82) is 0 Å². The van der Waals surface area contributed by atoms with Gasteiger partial charge >= 0.3 is 0 Å². The molecule has 102 valence electrons. The van der Waals surface area contributed by atoms with E-state index in [-0.39, 0.29) is 23.1 Å². The van der Waals surface area contributed by atoms with Crippen molar-refractivity contribution >= 4 is 23.2 Å². The van der Waals surface area contributed by atoms with Gasteiger partial charge in [-0.1, -0.05) is 20.8 Å². The molecule has 19 heavy (non-hydrogen) atoms. The molecule has 2 N–H and O–H groups in total. The lowest BCUT2D eigenvalue weighted by Crippen LogP contribution is -2.19. The normalized spacial score (nSPS) is 17.9. The van der Waals surface area contributed by atoms with Gasteiger partial charge in [0.15, 0.2) is 0 Å².